The van der Waals surface area contributed by atoms with E-state index in [2.05, 4.69) is 0 Å². The van der Waals surface area contributed by atoms with E-state index in [0.717, 1.165) is 0 Å². The summed E-state index contributed by atoms with van der Waals surface area (Å²) in [5, 5.41) is 0.826. The van der Waals surface area contributed by atoms with E-state index < -0.39 is 5.92 Å². The molecule has 2 aromatic carbocycles. The van der Waals surface area contributed by atoms with Gasteiger partial charge in [0.05, 0.1) is 5.69 Å². The summed E-state index contributed by atoms with van der Waals surface area (Å²) < 4.78 is 13.9. The molecule has 0 saturated heterocycles. The molecule has 29 heavy (non-hydrogen) atoms. The fourth-order valence-electron chi connectivity index (χ4n) is 4.39. The Morgan fingerprint density at radius 1 is 1.03 bits per heavy atom. The first kappa shape index (κ1) is 20.1. The van der Waals surface area contributed by atoms with Gasteiger partial charge in [0.1, 0.15) is 5.82 Å². The quantitative estimate of drug-likeness (QED) is 0.559. The first-order valence-corrected chi connectivity index (χ1v) is 10.2. The summed E-state index contributed by atoms with van der Waals surface area (Å²) in [4.78, 5) is 28.0. The third-order valence-corrected chi connectivity index (χ3v) is 5.94. The molecular weight excluding hydrogens is 412 g/mol. The lowest BCUT2D eigenvalue weighted by molar-refractivity contribution is -0.121. The zero-order valence-electron chi connectivity index (χ0n) is 16.1. The number of rotatable bonds is 2. The third kappa shape index (κ3) is 3.84. The van der Waals surface area contributed by atoms with E-state index in [1.807, 2.05) is 13.8 Å². The van der Waals surface area contributed by atoms with E-state index in [9.17, 15) is 14.0 Å². The van der Waals surface area contributed by atoms with Gasteiger partial charge in [-0.1, -0.05) is 49.2 Å². The Kier molecular flexibility index (Phi) is 5.04. The normalized spacial score (nSPS) is 21.4. The van der Waals surface area contributed by atoms with Crippen LogP contribution in [0.4, 0.5) is 10.1 Å². The van der Waals surface area contributed by atoms with Gasteiger partial charge in [0, 0.05) is 40.1 Å². The van der Waals surface area contributed by atoms with Crippen molar-refractivity contribution >= 4 is 40.6 Å². The highest BCUT2D eigenvalue weighted by atomic mass is 35.5. The van der Waals surface area contributed by atoms with Crippen molar-refractivity contribution in [2.45, 2.75) is 39.0 Å². The molecule has 0 spiro atoms. The van der Waals surface area contributed by atoms with Crippen LogP contribution in [0.2, 0.25) is 10.0 Å². The van der Waals surface area contributed by atoms with Crippen LogP contribution >= 0.6 is 23.2 Å². The SMILES string of the molecule is CC1(C)CC(=O)C2=C(C1)N(c1cc(Cl)cc(Cl)c1)C(=O)CC2c1cccc(F)c1. The van der Waals surface area contributed by atoms with Gasteiger partial charge in [-0.3, -0.25) is 14.5 Å². The van der Waals surface area contributed by atoms with Gasteiger partial charge in [0.25, 0.3) is 0 Å². The minimum atomic E-state index is -0.456. The van der Waals surface area contributed by atoms with Crippen LogP contribution in [0.3, 0.4) is 0 Å². The molecule has 1 unspecified atom stereocenters. The standard InChI is InChI=1S/C23H20Cl2FNO2/c1-23(2)11-19-22(20(28)12-23)18(13-4-3-5-16(26)6-13)10-21(29)27(19)17-8-14(24)7-15(25)9-17/h3-9,18H,10-12H2,1-2H3. The highest BCUT2D eigenvalue weighted by molar-refractivity contribution is 6.35. The summed E-state index contributed by atoms with van der Waals surface area (Å²) >= 11 is 12.3. The van der Waals surface area contributed by atoms with Crippen molar-refractivity contribution in [3.05, 3.63) is 75.2 Å². The lowest BCUT2D eigenvalue weighted by atomic mass is 9.69. The number of carbonyl (C=O) groups excluding carboxylic acids is 2. The number of amides is 1. The number of allylic oxidation sites excluding steroid dienone is 2. The number of hydrogen-bond donors (Lipinski definition) is 0. The Hall–Kier alpha value is -2.17. The summed E-state index contributed by atoms with van der Waals surface area (Å²) in [6.07, 6.45) is 1.02. The Labute approximate surface area is 179 Å². The van der Waals surface area contributed by atoms with Crippen LogP contribution < -0.4 is 4.90 Å². The molecule has 0 fully saturated rings. The Morgan fingerprint density at radius 2 is 1.72 bits per heavy atom. The molecule has 150 valence electrons. The van der Waals surface area contributed by atoms with E-state index >= 15 is 0 Å². The Bertz CT molecular complexity index is 1040. The number of ketones is 1. The monoisotopic (exact) mass is 431 g/mol. The summed E-state index contributed by atoms with van der Waals surface area (Å²) in [6, 6.07) is 11.1. The van der Waals surface area contributed by atoms with Crippen LogP contribution in [-0.4, -0.2) is 11.7 Å². The van der Waals surface area contributed by atoms with Crippen molar-refractivity contribution in [2.24, 2.45) is 5.41 Å². The van der Waals surface area contributed by atoms with Crippen molar-refractivity contribution in [1.82, 2.24) is 0 Å². The summed E-state index contributed by atoms with van der Waals surface area (Å²) in [7, 11) is 0. The van der Waals surface area contributed by atoms with Gasteiger partial charge < -0.3 is 0 Å². The number of halogens is 3. The highest BCUT2D eigenvalue weighted by Crippen LogP contribution is 2.48. The molecule has 1 amide bonds. The average molecular weight is 432 g/mol. The second kappa shape index (κ2) is 7.26. The lowest BCUT2D eigenvalue weighted by Crippen LogP contribution is -2.43. The molecule has 1 atom stereocenters. The van der Waals surface area contributed by atoms with Gasteiger partial charge >= 0.3 is 0 Å². The molecule has 3 nitrogen and oxygen atoms in total. The predicted molar refractivity (Wildman–Crippen MR) is 113 cm³/mol. The van der Waals surface area contributed by atoms with Crippen molar-refractivity contribution in [3.63, 3.8) is 0 Å². The van der Waals surface area contributed by atoms with Gasteiger partial charge in [0.2, 0.25) is 5.91 Å². The fourth-order valence-corrected chi connectivity index (χ4v) is 4.91. The average Bonchev–Trinajstić information content (AvgIpc) is 2.58. The summed E-state index contributed by atoms with van der Waals surface area (Å²) in [6.45, 7) is 4.02. The van der Waals surface area contributed by atoms with Crippen LogP contribution in [0, 0.1) is 11.2 Å². The van der Waals surface area contributed by atoms with Gasteiger partial charge in [-0.05, 0) is 47.7 Å². The lowest BCUT2D eigenvalue weighted by Gasteiger charge is -2.43. The van der Waals surface area contributed by atoms with Crippen LogP contribution in [0.25, 0.3) is 0 Å². The summed E-state index contributed by atoms with van der Waals surface area (Å²) in [5.74, 6) is -1.01. The first-order chi connectivity index (χ1) is 13.6. The molecule has 4 rings (SSSR count). The molecule has 6 heteroatoms. The van der Waals surface area contributed by atoms with E-state index in [0.29, 0.717) is 45.4 Å². The minimum Gasteiger partial charge on any atom is -0.294 e. The third-order valence-electron chi connectivity index (χ3n) is 5.50. The van der Waals surface area contributed by atoms with E-state index in [4.69, 9.17) is 23.2 Å². The van der Waals surface area contributed by atoms with Crippen molar-refractivity contribution in [2.75, 3.05) is 4.90 Å². The maximum absolute atomic E-state index is 13.9. The molecule has 0 bridgehead atoms. The highest BCUT2D eigenvalue weighted by Gasteiger charge is 2.44. The molecular formula is C23H20Cl2FNO2. The molecule has 0 saturated carbocycles. The zero-order valence-corrected chi connectivity index (χ0v) is 17.6. The fraction of sp³-hybridized carbons (Fsp3) is 0.304. The molecule has 0 radical (unpaired) electrons. The van der Waals surface area contributed by atoms with Crippen molar-refractivity contribution in [3.8, 4) is 0 Å². The number of Topliss-reactive ketones (excluding diaryl/α,β-unsaturated/α-hetero) is 1. The second-order valence-electron chi connectivity index (χ2n) is 8.47. The Morgan fingerprint density at radius 3 is 2.38 bits per heavy atom. The minimum absolute atomic E-state index is 0.00358. The van der Waals surface area contributed by atoms with Crippen molar-refractivity contribution < 1.29 is 14.0 Å². The summed E-state index contributed by atoms with van der Waals surface area (Å²) in [5.41, 5.74) is 2.15. The number of benzene rings is 2. The maximum Gasteiger partial charge on any atom is 0.232 e. The number of carbonyl (C=O) groups is 2. The van der Waals surface area contributed by atoms with Crippen LogP contribution in [0.15, 0.2) is 53.7 Å². The predicted octanol–water partition coefficient (Wildman–Crippen LogP) is 6.30. The zero-order chi connectivity index (χ0) is 20.9. The molecule has 1 aliphatic heterocycles. The molecule has 2 aliphatic rings. The van der Waals surface area contributed by atoms with E-state index in [-0.39, 0.29) is 29.3 Å². The Balaban J connectivity index is 1.92. The van der Waals surface area contributed by atoms with Crippen LogP contribution in [0.5, 0.6) is 0 Å². The van der Waals surface area contributed by atoms with E-state index in [1.165, 1.54) is 12.1 Å². The van der Waals surface area contributed by atoms with Gasteiger partial charge in [0.15, 0.2) is 5.78 Å². The number of hydrogen-bond acceptors (Lipinski definition) is 2. The second-order valence-corrected chi connectivity index (χ2v) is 9.34. The molecule has 1 aliphatic carbocycles. The molecule has 0 aromatic heterocycles. The van der Waals surface area contributed by atoms with Gasteiger partial charge in [-0.25, -0.2) is 4.39 Å². The number of nitrogens with zero attached hydrogens (tertiary/aromatic N) is 1. The smallest absolute Gasteiger partial charge is 0.232 e. The van der Waals surface area contributed by atoms with E-state index in [1.54, 1.807) is 35.2 Å². The van der Waals surface area contributed by atoms with Gasteiger partial charge in [-0.2, -0.15) is 0 Å². The molecule has 0 N–H and O–H groups in total. The van der Waals surface area contributed by atoms with Crippen LogP contribution in [-0.2, 0) is 9.59 Å². The largest absolute Gasteiger partial charge is 0.294 e. The van der Waals surface area contributed by atoms with Crippen LogP contribution in [0.1, 0.15) is 44.6 Å². The van der Waals surface area contributed by atoms with Crippen molar-refractivity contribution in [1.29, 1.82) is 0 Å². The first-order valence-electron chi connectivity index (χ1n) is 9.45. The molecule has 2 aromatic rings. The maximum atomic E-state index is 13.9. The number of anilines is 1. The van der Waals surface area contributed by atoms with Gasteiger partial charge in [-0.15, -0.1) is 0 Å². The topological polar surface area (TPSA) is 37.4 Å². The molecule has 1 heterocycles.